The second kappa shape index (κ2) is 5.78. The highest BCUT2D eigenvalue weighted by Gasteiger charge is 2.29. The topological polar surface area (TPSA) is 48.1 Å². The van der Waals surface area contributed by atoms with Gasteiger partial charge >= 0.3 is 0 Å². The molecule has 19 heavy (non-hydrogen) atoms. The van der Waals surface area contributed by atoms with Gasteiger partial charge in [0.25, 0.3) is 5.91 Å². The Morgan fingerprint density at radius 3 is 2.84 bits per heavy atom. The number of H-pyrrole nitrogens is 1. The first kappa shape index (κ1) is 12.7. The smallest absolute Gasteiger partial charge is 0.267 e. The molecule has 0 radical (unpaired) electrons. The molecule has 1 aliphatic carbocycles. The summed E-state index contributed by atoms with van der Waals surface area (Å²) in [6, 6.07) is 4.76. The number of rotatable bonds is 3. The molecule has 2 N–H and O–H groups in total. The fourth-order valence-electron chi connectivity index (χ4n) is 3.42. The molecule has 1 saturated carbocycles. The Hall–Kier alpha value is -1.29. The van der Waals surface area contributed by atoms with E-state index in [9.17, 15) is 4.79 Å². The van der Waals surface area contributed by atoms with Gasteiger partial charge in [-0.1, -0.05) is 19.3 Å². The molecule has 1 atom stereocenters. The zero-order valence-electron chi connectivity index (χ0n) is 11.4. The Morgan fingerprint density at radius 1 is 1.26 bits per heavy atom. The molecule has 1 aromatic heterocycles. The minimum absolute atomic E-state index is 0.0282. The molecule has 4 heteroatoms. The number of aromatic amines is 1. The van der Waals surface area contributed by atoms with Gasteiger partial charge in [0.15, 0.2) is 0 Å². The molecule has 1 amide bonds. The van der Waals surface area contributed by atoms with Crippen LogP contribution in [0.4, 0.5) is 0 Å². The highest BCUT2D eigenvalue weighted by Crippen LogP contribution is 2.25. The maximum atomic E-state index is 12.0. The second-order valence-electron chi connectivity index (χ2n) is 5.83. The molecule has 4 nitrogen and oxygen atoms in total. The van der Waals surface area contributed by atoms with E-state index in [-0.39, 0.29) is 5.91 Å². The van der Waals surface area contributed by atoms with Gasteiger partial charge < -0.3 is 10.3 Å². The lowest BCUT2D eigenvalue weighted by Gasteiger charge is -2.31. The molecular weight excluding hydrogens is 238 g/mol. The lowest BCUT2D eigenvalue weighted by molar-refractivity contribution is 0.0930. The third kappa shape index (κ3) is 3.00. The van der Waals surface area contributed by atoms with Crippen LogP contribution in [0.1, 0.15) is 49.0 Å². The molecule has 2 fully saturated rings. The number of amides is 1. The molecule has 104 valence electrons. The third-order valence-electron chi connectivity index (χ3n) is 4.49. The van der Waals surface area contributed by atoms with Crippen LogP contribution >= 0.6 is 0 Å². The van der Waals surface area contributed by atoms with Crippen LogP contribution in [0.5, 0.6) is 0 Å². The van der Waals surface area contributed by atoms with E-state index in [1.165, 1.54) is 32.1 Å². The number of nitrogens with zero attached hydrogens (tertiary/aromatic N) is 1. The number of aromatic nitrogens is 1. The number of carbonyl (C=O) groups is 1. The normalized spacial score (nSPS) is 25.6. The zero-order valence-corrected chi connectivity index (χ0v) is 11.4. The first-order chi connectivity index (χ1) is 9.33. The van der Waals surface area contributed by atoms with Gasteiger partial charge in [0.1, 0.15) is 5.69 Å². The summed E-state index contributed by atoms with van der Waals surface area (Å²) in [5, 5.41) is 3.14. The minimum Gasteiger partial charge on any atom is -0.357 e. The largest absolute Gasteiger partial charge is 0.357 e. The van der Waals surface area contributed by atoms with Crippen molar-refractivity contribution in [2.75, 3.05) is 13.1 Å². The van der Waals surface area contributed by atoms with Gasteiger partial charge in [-0.15, -0.1) is 0 Å². The molecule has 1 unspecified atom stereocenters. The number of carbonyl (C=O) groups excluding carboxylic acids is 1. The fraction of sp³-hybridized carbons (Fsp3) is 0.667. The molecule has 1 aromatic rings. The zero-order chi connectivity index (χ0) is 13.1. The van der Waals surface area contributed by atoms with Crippen molar-refractivity contribution < 1.29 is 4.79 Å². The summed E-state index contributed by atoms with van der Waals surface area (Å²) in [6.45, 7) is 2.16. The van der Waals surface area contributed by atoms with Gasteiger partial charge in [-0.3, -0.25) is 9.69 Å². The van der Waals surface area contributed by atoms with Crippen LogP contribution < -0.4 is 5.32 Å². The summed E-state index contributed by atoms with van der Waals surface area (Å²) in [5.74, 6) is 0.0282. The van der Waals surface area contributed by atoms with E-state index in [4.69, 9.17) is 0 Å². The summed E-state index contributed by atoms with van der Waals surface area (Å²) >= 11 is 0. The summed E-state index contributed by atoms with van der Waals surface area (Å²) in [5.41, 5.74) is 0.663. The molecule has 1 saturated heterocycles. The Bertz CT molecular complexity index is 409. The molecular formula is C15H23N3O. The van der Waals surface area contributed by atoms with Gasteiger partial charge in [0.2, 0.25) is 0 Å². The summed E-state index contributed by atoms with van der Waals surface area (Å²) in [6.07, 6.45) is 9.72. The Morgan fingerprint density at radius 2 is 2.11 bits per heavy atom. The van der Waals surface area contributed by atoms with Crippen molar-refractivity contribution in [3.8, 4) is 0 Å². The lowest BCUT2D eigenvalue weighted by atomic mass is 9.94. The van der Waals surface area contributed by atoms with Crippen molar-refractivity contribution in [3.63, 3.8) is 0 Å². The SMILES string of the molecule is O=C(NC1CCN(C2CCCCC2)C1)c1ccc[nH]1. The highest BCUT2D eigenvalue weighted by atomic mass is 16.1. The van der Waals surface area contributed by atoms with Crippen LogP contribution in [-0.2, 0) is 0 Å². The van der Waals surface area contributed by atoms with Crippen molar-refractivity contribution in [2.24, 2.45) is 0 Å². The van der Waals surface area contributed by atoms with Crippen LogP contribution in [0.3, 0.4) is 0 Å². The predicted octanol–water partition coefficient (Wildman–Crippen LogP) is 2.15. The van der Waals surface area contributed by atoms with E-state index < -0.39 is 0 Å². The average molecular weight is 261 g/mol. The molecule has 0 spiro atoms. The third-order valence-corrected chi connectivity index (χ3v) is 4.49. The van der Waals surface area contributed by atoms with E-state index in [1.54, 1.807) is 6.20 Å². The molecule has 1 aliphatic heterocycles. The molecule has 0 bridgehead atoms. The molecule has 2 heterocycles. The van der Waals surface area contributed by atoms with Gasteiger partial charge in [0, 0.05) is 31.4 Å². The van der Waals surface area contributed by atoms with Gasteiger partial charge in [-0.2, -0.15) is 0 Å². The number of nitrogens with one attached hydrogen (secondary N) is 2. The van der Waals surface area contributed by atoms with Crippen molar-refractivity contribution in [1.82, 2.24) is 15.2 Å². The van der Waals surface area contributed by atoms with Gasteiger partial charge in [0.05, 0.1) is 0 Å². The maximum Gasteiger partial charge on any atom is 0.267 e. The van der Waals surface area contributed by atoms with Crippen molar-refractivity contribution in [1.29, 1.82) is 0 Å². The number of hydrogen-bond donors (Lipinski definition) is 2. The molecule has 3 rings (SSSR count). The Balaban J connectivity index is 1.50. The van der Waals surface area contributed by atoms with Crippen LogP contribution in [0.2, 0.25) is 0 Å². The van der Waals surface area contributed by atoms with Crippen LogP contribution in [0.15, 0.2) is 18.3 Å². The fourth-order valence-corrected chi connectivity index (χ4v) is 3.42. The average Bonchev–Trinajstić information content (AvgIpc) is 3.11. The van der Waals surface area contributed by atoms with Crippen LogP contribution in [0.25, 0.3) is 0 Å². The first-order valence-corrected chi connectivity index (χ1v) is 7.51. The Labute approximate surface area is 114 Å². The summed E-state index contributed by atoms with van der Waals surface area (Å²) < 4.78 is 0. The van der Waals surface area contributed by atoms with Crippen LogP contribution in [0, 0.1) is 0 Å². The highest BCUT2D eigenvalue weighted by molar-refractivity contribution is 5.92. The standard InChI is InChI=1S/C15H23N3O/c19-15(14-7-4-9-16-14)17-12-8-10-18(11-12)13-5-2-1-3-6-13/h4,7,9,12-13,16H,1-3,5-6,8,10-11H2,(H,17,19). The lowest BCUT2D eigenvalue weighted by Crippen LogP contribution is -2.40. The van der Waals surface area contributed by atoms with Crippen molar-refractivity contribution in [3.05, 3.63) is 24.0 Å². The number of likely N-dealkylation sites (tertiary alicyclic amines) is 1. The van der Waals surface area contributed by atoms with Gasteiger partial charge in [-0.05, 0) is 31.4 Å². The first-order valence-electron chi connectivity index (χ1n) is 7.51. The monoisotopic (exact) mass is 261 g/mol. The van der Waals surface area contributed by atoms with Crippen LogP contribution in [-0.4, -0.2) is 41.0 Å². The Kier molecular flexibility index (Phi) is 3.87. The van der Waals surface area contributed by atoms with Crippen molar-refractivity contribution in [2.45, 2.75) is 50.6 Å². The molecule has 0 aromatic carbocycles. The van der Waals surface area contributed by atoms with Crippen molar-refractivity contribution >= 4 is 5.91 Å². The number of hydrogen-bond acceptors (Lipinski definition) is 2. The predicted molar refractivity (Wildman–Crippen MR) is 75.1 cm³/mol. The maximum absolute atomic E-state index is 12.0. The van der Waals surface area contributed by atoms with E-state index in [1.807, 2.05) is 12.1 Å². The van der Waals surface area contributed by atoms with E-state index >= 15 is 0 Å². The van der Waals surface area contributed by atoms with E-state index in [2.05, 4.69) is 15.2 Å². The van der Waals surface area contributed by atoms with Gasteiger partial charge in [-0.25, -0.2) is 0 Å². The summed E-state index contributed by atoms with van der Waals surface area (Å²) in [4.78, 5) is 17.5. The molecule has 2 aliphatic rings. The second-order valence-corrected chi connectivity index (χ2v) is 5.83. The van der Waals surface area contributed by atoms with E-state index in [0.29, 0.717) is 11.7 Å². The summed E-state index contributed by atoms with van der Waals surface area (Å²) in [7, 11) is 0. The minimum atomic E-state index is 0.0282. The quantitative estimate of drug-likeness (QED) is 0.876. The van der Waals surface area contributed by atoms with E-state index in [0.717, 1.165) is 25.6 Å².